The van der Waals surface area contributed by atoms with Crippen LogP contribution in [0.1, 0.15) is 22.4 Å². The molecule has 0 aliphatic carbocycles. The Morgan fingerprint density at radius 2 is 1.84 bits per heavy atom. The van der Waals surface area contributed by atoms with Gasteiger partial charge in [-0.3, -0.25) is 4.68 Å². The number of ether oxygens (including phenoxy) is 1. The molecule has 6 nitrogen and oxygen atoms in total. The Hall–Kier alpha value is -3.29. The molecule has 0 aliphatic heterocycles. The van der Waals surface area contributed by atoms with Gasteiger partial charge >= 0.3 is 6.18 Å². The van der Waals surface area contributed by atoms with Crippen molar-refractivity contribution in [2.75, 3.05) is 6.61 Å². The van der Waals surface area contributed by atoms with Gasteiger partial charge in [0.2, 0.25) is 10.0 Å². The minimum absolute atomic E-state index is 0.0318. The van der Waals surface area contributed by atoms with E-state index in [4.69, 9.17) is 9.88 Å². The Bertz CT molecular complexity index is 1240. The second-order valence-electron chi connectivity index (χ2n) is 6.57. The highest BCUT2D eigenvalue weighted by Crippen LogP contribution is 2.30. The molecular weight excluding hydrogens is 431 g/mol. The van der Waals surface area contributed by atoms with Crippen molar-refractivity contribution in [2.24, 2.45) is 12.2 Å². The van der Waals surface area contributed by atoms with Crippen LogP contribution in [-0.4, -0.2) is 24.8 Å². The molecule has 31 heavy (non-hydrogen) atoms. The van der Waals surface area contributed by atoms with Gasteiger partial charge in [-0.25, -0.2) is 13.6 Å². The molecule has 1 heterocycles. The van der Waals surface area contributed by atoms with E-state index in [1.54, 1.807) is 30.1 Å². The summed E-state index contributed by atoms with van der Waals surface area (Å²) in [6, 6.07) is 10.4. The van der Waals surface area contributed by atoms with Crippen LogP contribution in [0.15, 0.2) is 59.6 Å². The van der Waals surface area contributed by atoms with E-state index in [-0.39, 0.29) is 11.5 Å². The maximum Gasteiger partial charge on any atom is 0.416 e. The molecule has 0 unspecified atom stereocenters. The lowest BCUT2D eigenvalue weighted by molar-refractivity contribution is -0.137. The van der Waals surface area contributed by atoms with Gasteiger partial charge in [0.1, 0.15) is 5.75 Å². The second-order valence-corrected chi connectivity index (χ2v) is 8.13. The van der Waals surface area contributed by atoms with Crippen molar-refractivity contribution in [2.45, 2.75) is 17.5 Å². The zero-order chi connectivity index (χ0) is 22.6. The summed E-state index contributed by atoms with van der Waals surface area (Å²) in [5.41, 5.74) is 1.12. The highest BCUT2D eigenvalue weighted by molar-refractivity contribution is 7.89. The molecule has 10 heteroatoms. The number of sulfonamides is 1. The molecule has 3 rings (SSSR count). The molecule has 3 aromatic rings. The van der Waals surface area contributed by atoms with Crippen LogP contribution in [0.4, 0.5) is 13.2 Å². The molecule has 0 spiro atoms. The summed E-state index contributed by atoms with van der Waals surface area (Å²) in [4.78, 5) is -0.0318. The number of hydrogen-bond acceptors (Lipinski definition) is 4. The van der Waals surface area contributed by atoms with E-state index < -0.39 is 21.8 Å². The third-order valence-electron chi connectivity index (χ3n) is 4.35. The molecule has 0 atom stereocenters. The first kappa shape index (κ1) is 22.4. The molecule has 1 aromatic heterocycles. The number of aromatic nitrogens is 2. The van der Waals surface area contributed by atoms with Crippen LogP contribution in [0.25, 0.3) is 0 Å². The zero-order valence-corrected chi connectivity index (χ0v) is 17.2. The van der Waals surface area contributed by atoms with Gasteiger partial charge in [0.25, 0.3) is 0 Å². The molecular formula is C21H18F3N3O3S. The van der Waals surface area contributed by atoms with Crippen molar-refractivity contribution in [3.8, 4) is 17.6 Å². The Kier molecular flexibility index (Phi) is 6.38. The summed E-state index contributed by atoms with van der Waals surface area (Å²) in [5, 5.41) is 9.30. The van der Waals surface area contributed by atoms with Gasteiger partial charge in [-0.1, -0.05) is 17.9 Å². The van der Waals surface area contributed by atoms with E-state index in [1.807, 2.05) is 0 Å². The zero-order valence-electron chi connectivity index (χ0n) is 16.3. The van der Waals surface area contributed by atoms with Crippen LogP contribution >= 0.6 is 0 Å². The Morgan fingerprint density at radius 1 is 1.13 bits per heavy atom. The number of rotatable bonds is 5. The molecule has 0 saturated heterocycles. The summed E-state index contributed by atoms with van der Waals surface area (Å²) in [6.45, 7) is 0.209. The predicted molar refractivity (Wildman–Crippen MR) is 108 cm³/mol. The molecule has 0 bridgehead atoms. The quantitative estimate of drug-likeness (QED) is 0.607. The maximum atomic E-state index is 12.6. The lowest BCUT2D eigenvalue weighted by Crippen LogP contribution is -2.12. The third-order valence-corrected chi connectivity index (χ3v) is 5.27. The number of alkyl halides is 3. The third kappa shape index (κ3) is 5.87. The monoisotopic (exact) mass is 449 g/mol. The van der Waals surface area contributed by atoms with Gasteiger partial charge in [0.15, 0.2) is 0 Å². The molecule has 162 valence electrons. The van der Waals surface area contributed by atoms with Crippen molar-refractivity contribution in [3.05, 3.63) is 77.1 Å². The SMILES string of the molecule is Cn1ncc(C#Cc2cccc(S(N)(=O)=O)c2)c1CCOc1ccc(C(F)(F)F)cc1. The Labute approximate surface area is 177 Å². The van der Waals surface area contributed by atoms with Crippen molar-refractivity contribution >= 4 is 10.0 Å². The van der Waals surface area contributed by atoms with Crippen LogP contribution in [0.3, 0.4) is 0 Å². The molecule has 0 aliphatic rings. The Morgan fingerprint density at radius 3 is 2.48 bits per heavy atom. The van der Waals surface area contributed by atoms with E-state index in [2.05, 4.69) is 16.9 Å². The van der Waals surface area contributed by atoms with Gasteiger partial charge in [-0.05, 0) is 42.5 Å². The maximum absolute atomic E-state index is 12.6. The number of hydrogen-bond donors (Lipinski definition) is 1. The largest absolute Gasteiger partial charge is 0.493 e. The van der Waals surface area contributed by atoms with Crippen molar-refractivity contribution in [3.63, 3.8) is 0 Å². The summed E-state index contributed by atoms with van der Waals surface area (Å²) >= 11 is 0. The molecule has 0 saturated carbocycles. The fourth-order valence-corrected chi connectivity index (χ4v) is 3.32. The van der Waals surface area contributed by atoms with Gasteiger partial charge in [0.05, 0.1) is 34.5 Å². The number of benzene rings is 2. The fraction of sp³-hybridized carbons (Fsp3) is 0.190. The van der Waals surface area contributed by atoms with Crippen LogP contribution in [-0.2, 0) is 29.7 Å². The van der Waals surface area contributed by atoms with E-state index >= 15 is 0 Å². The van der Waals surface area contributed by atoms with E-state index in [9.17, 15) is 21.6 Å². The number of aryl methyl sites for hydroxylation is 1. The number of primary sulfonamides is 1. The van der Waals surface area contributed by atoms with E-state index in [1.165, 1.54) is 24.3 Å². The first-order chi connectivity index (χ1) is 14.5. The molecule has 0 amide bonds. The number of nitrogens with two attached hydrogens (primary N) is 1. The second kappa shape index (κ2) is 8.83. The number of nitrogens with zero attached hydrogens (tertiary/aromatic N) is 2. The van der Waals surface area contributed by atoms with Gasteiger partial charge in [-0.2, -0.15) is 18.3 Å². The summed E-state index contributed by atoms with van der Waals surface area (Å²) in [5.74, 6) is 6.16. The summed E-state index contributed by atoms with van der Waals surface area (Å²) in [6.07, 6.45) is -2.41. The topological polar surface area (TPSA) is 87.2 Å². The summed E-state index contributed by atoms with van der Waals surface area (Å²) in [7, 11) is -2.09. The summed E-state index contributed by atoms with van der Waals surface area (Å²) < 4.78 is 68.0. The van der Waals surface area contributed by atoms with Crippen LogP contribution in [0.5, 0.6) is 5.75 Å². The highest BCUT2D eigenvalue weighted by Gasteiger charge is 2.30. The van der Waals surface area contributed by atoms with Crippen molar-refractivity contribution in [1.82, 2.24) is 9.78 Å². The normalized spacial score (nSPS) is 11.6. The highest BCUT2D eigenvalue weighted by atomic mass is 32.2. The lowest BCUT2D eigenvalue weighted by atomic mass is 10.1. The van der Waals surface area contributed by atoms with Gasteiger partial charge < -0.3 is 4.74 Å². The van der Waals surface area contributed by atoms with Crippen molar-refractivity contribution < 1.29 is 26.3 Å². The first-order valence-electron chi connectivity index (χ1n) is 9.00. The van der Waals surface area contributed by atoms with Crippen molar-refractivity contribution in [1.29, 1.82) is 0 Å². The number of halogens is 3. The van der Waals surface area contributed by atoms with E-state index in [0.29, 0.717) is 23.3 Å². The smallest absolute Gasteiger partial charge is 0.416 e. The molecule has 0 radical (unpaired) electrons. The van der Waals surface area contributed by atoms with Gasteiger partial charge in [0, 0.05) is 19.0 Å². The van der Waals surface area contributed by atoms with Crippen LogP contribution < -0.4 is 9.88 Å². The minimum Gasteiger partial charge on any atom is -0.493 e. The predicted octanol–water partition coefficient (Wildman–Crippen LogP) is 3.11. The Balaban J connectivity index is 1.69. The minimum atomic E-state index is -4.39. The first-order valence-corrected chi connectivity index (χ1v) is 10.5. The van der Waals surface area contributed by atoms with E-state index in [0.717, 1.165) is 17.8 Å². The van der Waals surface area contributed by atoms with Gasteiger partial charge in [-0.15, -0.1) is 0 Å². The average Bonchev–Trinajstić information content (AvgIpc) is 3.05. The molecule has 2 aromatic carbocycles. The fourth-order valence-electron chi connectivity index (χ4n) is 2.76. The standard InChI is InChI=1S/C21H18F3N3O3S/c1-27-20(11-12-30-18-9-7-17(8-10-18)21(22,23)24)16(14-26-27)6-5-15-3-2-4-19(13-15)31(25,28)29/h2-4,7-10,13-14H,11-12H2,1H3,(H2,25,28,29). The molecule has 2 N–H and O–H groups in total. The molecule has 0 fully saturated rings. The average molecular weight is 449 g/mol. The van der Waals surface area contributed by atoms with Crippen LogP contribution in [0, 0.1) is 11.8 Å². The van der Waals surface area contributed by atoms with Crippen LogP contribution in [0.2, 0.25) is 0 Å². The lowest BCUT2D eigenvalue weighted by Gasteiger charge is -2.09.